The Labute approximate surface area is 192 Å². The van der Waals surface area contributed by atoms with Crippen LogP contribution in [0.1, 0.15) is 29.1 Å². The number of aromatic amines is 1. The number of halogens is 1. The first-order valence-electron chi connectivity index (χ1n) is 10.1. The number of fused-ring (bicyclic) bond motifs is 1. The minimum atomic E-state index is -0.184. The maximum atomic E-state index is 13.1. The summed E-state index contributed by atoms with van der Waals surface area (Å²) in [7, 11) is 0. The minimum Gasteiger partial charge on any atom is -0.331 e. The van der Waals surface area contributed by atoms with E-state index < -0.39 is 0 Å². The molecule has 158 valence electrons. The zero-order valence-electron chi connectivity index (χ0n) is 16.9. The number of aryl methyl sites for hydroxylation is 1. The molecule has 0 bridgehead atoms. The van der Waals surface area contributed by atoms with Crippen LogP contribution in [0.5, 0.6) is 0 Å². The summed E-state index contributed by atoms with van der Waals surface area (Å²) in [5, 5.41) is 0.550. The number of nitrogens with one attached hydrogen (secondary N) is 1. The predicted octanol–water partition coefficient (Wildman–Crippen LogP) is 5.30. The highest BCUT2D eigenvalue weighted by Gasteiger charge is 2.16. The summed E-state index contributed by atoms with van der Waals surface area (Å²) < 4.78 is 1.10. The highest BCUT2D eigenvalue weighted by atomic mass is 79.9. The fourth-order valence-electron chi connectivity index (χ4n) is 3.48. The van der Waals surface area contributed by atoms with E-state index in [1.165, 1.54) is 4.88 Å². The molecule has 0 aliphatic rings. The van der Waals surface area contributed by atoms with Crippen LogP contribution in [0.3, 0.4) is 0 Å². The number of rotatable bonds is 8. The Hall–Kier alpha value is -2.77. The van der Waals surface area contributed by atoms with Crippen molar-refractivity contribution >= 4 is 44.1 Å². The second kappa shape index (κ2) is 10.0. The number of para-hydroxylation sites is 1. The van der Waals surface area contributed by atoms with Crippen LogP contribution in [-0.2, 0) is 24.3 Å². The Bertz CT molecular complexity index is 1240. The zero-order valence-corrected chi connectivity index (χ0v) is 19.3. The maximum absolute atomic E-state index is 13.1. The molecule has 0 saturated heterocycles. The molecule has 0 radical (unpaired) electrons. The third kappa shape index (κ3) is 5.68. The third-order valence-electron chi connectivity index (χ3n) is 5.01. The second-order valence-electron chi connectivity index (χ2n) is 7.32. The molecule has 31 heavy (non-hydrogen) atoms. The highest BCUT2D eigenvalue weighted by molar-refractivity contribution is 9.11. The first kappa shape index (κ1) is 21.5. The summed E-state index contributed by atoms with van der Waals surface area (Å²) in [5.74, 6) is 0.547. The zero-order chi connectivity index (χ0) is 21.6. The van der Waals surface area contributed by atoms with Gasteiger partial charge < -0.3 is 9.88 Å². The monoisotopic (exact) mass is 495 g/mol. The molecular weight excluding hydrogens is 474 g/mol. The number of carbonyl (C=O) groups excluding carboxylic acids is 1. The fraction of sp³-hybridized carbons (Fsp3) is 0.208. The Kier molecular flexibility index (Phi) is 6.94. The Morgan fingerprint density at radius 2 is 1.77 bits per heavy atom. The van der Waals surface area contributed by atoms with Gasteiger partial charge in [0.2, 0.25) is 5.91 Å². The van der Waals surface area contributed by atoms with Crippen molar-refractivity contribution in [3.8, 4) is 0 Å². The lowest BCUT2D eigenvalue weighted by molar-refractivity contribution is -0.132. The summed E-state index contributed by atoms with van der Waals surface area (Å²) >= 11 is 5.18. The summed E-state index contributed by atoms with van der Waals surface area (Å²) in [6, 6.07) is 21.2. The molecule has 0 fully saturated rings. The molecule has 0 atom stereocenters. The highest BCUT2D eigenvalue weighted by Crippen LogP contribution is 2.23. The molecule has 1 amide bonds. The summed E-state index contributed by atoms with van der Waals surface area (Å²) in [6.45, 7) is 0.735. The van der Waals surface area contributed by atoms with Crippen molar-refractivity contribution in [2.75, 3.05) is 0 Å². The normalized spacial score (nSPS) is 11.0. The largest absolute Gasteiger partial charge is 0.331 e. The first-order valence-corrected chi connectivity index (χ1v) is 11.7. The molecule has 2 aromatic heterocycles. The molecule has 0 aliphatic carbocycles. The number of carbonyl (C=O) groups is 1. The van der Waals surface area contributed by atoms with Crippen LogP contribution in [-0.4, -0.2) is 20.8 Å². The molecule has 0 aliphatic heterocycles. The smallest absolute Gasteiger partial charge is 0.258 e. The molecule has 4 aromatic rings. The lowest BCUT2D eigenvalue weighted by Crippen LogP contribution is -2.31. The van der Waals surface area contributed by atoms with Gasteiger partial charge in [0.25, 0.3) is 5.56 Å². The van der Waals surface area contributed by atoms with Crippen molar-refractivity contribution in [2.24, 2.45) is 0 Å². The predicted molar refractivity (Wildman–Crippen MR) is 128 cm³/mol. The van der Waals surface area contributed by atoms with Crippen molar-refractivity contribution < 1.29 is 4.79 Å². The van der Waals surface area contributed by atoms with Crippen LogP contribution in [0.4, 0.5) is 0 Å². The fourth-order valence-corrected chi connectivity index (χ4v) is 5.01. The first-order chi connectivity index (χ1) is 15.1. The molecule has 4 rings (SSSR count). The van der Waals surface area contributed by atoms with Gasteiger partial charge in [0.05, 0.1) is 21.2 Å². The van der Waals surface area contributed by atoms with Gasteiger partial charge in [-0.25, -0.2) is 4.98 Å². The topological polar surface area (TPSA) is 66.1 Å². The van der Waals surface area contributed by atoms with Gasteiger partial charge >= 0.3 is 0 Å². The van der Waals surface area contributed by atoms with E-state index in [2.05, 4.69) is 32.0 Å². The lowest BCUT2D eigenvalue weighted by Gasteiger charge is -2.22. The van der Waals surface area contributed by atoms with Gasteiger partial charge in [0.15, 0.2) is 0 Å². The number of aromatic nitrogens is 2. The van der Waals surface area contributed by atoms with Crippen LogP contribution >= 0.6 is 27.3 Å². The van der Waals surface area contributed by atoms with E-state index in [1.807, 2.05) is 54.6 Å². The number of nitrogens with zero attached hydrogens (tertiary/aromatic N) is 2. The molecule has 2 aromatic carbocycles. The van der Waals surface area contributed by atoms with Crippen LogP contribution < -0.4 is 5.56 Å². The van der Waals surface area contributed by atoms with E-state index in [-0.39, 0.29) is 18.0 Å². The Morgan fingerprint density at radius 1 is 1.00 bits per heavy atom. The molecule has 2 heterocycles. The number of H-pyrrole nitrogens is 1. The number of amides is 1. The third-order valence-corrected chi connectivity index (χ3v) is 6.70. The molecule has 1 N–H and O–H groups in total. The van der Waals surface area contributed by atoms with Crippen LogP contribution in [0.15, 0.2) is 75.3 Å². The minimum absolute atomic E-state index is 0.0512. The summed E-state index contributed by atoms with van der Waals surface area (Å²) in [5.41, 5.74) is 1.49. The number of benzene rings is 2. The van der Waals surface area contributed by atoms with Crippen molar-refractivity contribution in [2.45, 2.75) is 32.4 Å². The summed E-state index contributed by atoms with van der Waals surface area (Å²) in [4.78, 5) is 36.0. The van der Waals surface area contributed by atoms with Gasteiger partial charge in [-0.05, 0) is 58.6 Å². The molecule has 0 unspecified atom stereocenters. The second-order valence-corrected chi connectivity index (χ2v) is 9.87. The van der Waals surface area contributed by atoms with Crippen molar-refractivity contribution in [3.63, 3.8) is 0 Å². The SMILES string of the molecule is O=C(CCCc1ccc(Br)s1)N(Cc1ccccc1)Cc1nc2ccccc2c(=O)[nH]1. The molecule has 5 nitrogen and oxygen atoms in total. The van der Waals surface area contributed by atoms with Crippen LogP contribution in [0.25, 0.3) is 10.9 Å². The Morgan fingerprint density at radius 3 is 2.55 bits per heavy atom. The standard InChI is InChI=1S/C24H22BrN3O2S/c25-21-14-13-18(31-21)9-6-12-23(29)28(15-17-7-2-1-3-8-17)16-22-26-20-11-5-4-10-19(20)24(30)27-22/h1-5,7-8,10-11,13-14H,6,9,12,15-16H2,(H,26,27,30). The van der Waals surface area contributed by atoms with E-state index in [0.29, 0.717) is 29.7 Å². The molecule has 0 spiro atoms. The van der Waals surface area contributed by atoms with Gasteiger partial charge in [-0.15, -0.1) is 11.3 Å². The van der Waals surface area contributed by atoms with Crippen molar-refractivity contribution in [1.29, 1.82) is 0 Å². The average molecular weight is 496 g/mol. The van der Waals surface area contributed by atoms with E-state index >= 15 is 0 Å². The van der Waals surface area contributed by atoms with E-state index in [1.54, 1.807) is 22.3 Å². The van der Waals surface area contributed by atoms with Gasteiger partial charge in [-0.2, -0.15) is 0 Å². The number of thiophene rings is 1. The van der Waals surface area contributed by atoms with Crippen molar-refractivity contribution in [3.05, 3.63) is 97.1 Å². The molecule has 7 heteroatoms. The van der Waals surface area contributed by atoms with Crippen molar-refractivity contribution in [1.82, 2.24) is 14.9 Å². The maximum Gasteiger partial charge on any atom is 0.258 e. The number of hydrogen-bond donors (Lipinski definition) is 1. The quantitative estimate of drug-likeness (QED) is 0.360. The number of hydrogen-bond acceptors (Lipinski definition) is 4. The Balaban J connectivity index is 1.51. The van der Waals surface area contributed by atoms with Crippen LogP contribution in [0, 0.1) is 0 Å². The van der Waals surface area contributed by atoms with Gasteiger partial charge in [0.1, 0.15) is 5.82 Å². The lowest BCUT2D eigenvalue weighted by atomic mass is 10.1. The van der Waals surface area contributed by atoms with Gasteiger partial charge in [-0.1, -0.05) is 42.5 Å². The van der Waals surface area contributed by atoms with E-state index in [9.17, 15) is 9.59 Å². The summed E-state index contributed by atoms with van der Waals surface area (Å²) in [6.07, 6.45) is 2.09. The van der Waals surface area contributed by atoms with E-state index in [0.717, 1.165) is 22.2 Å². The van der Waals surface area contributed by atoms with Gasteiger partial charge in [-0.3, -0.25) is 9.59 Å². The van der Waals surface area contributed by atoms with E-state index in [4.69, 9.17) is 0 Å². The molecule has 0 saturated carbocycles. The van der Waals surface area contributed by atoms with Crippen LogP contribution in [0.2, 0.25) is 0 Å². The average Bonchev–Trinajstić information content (AvgIpc) is 3.19. The van der Waals surface area contributed by atoms with Gasteiger partial charge in [0, 0.05) is 17.8 Å². The molecular formula is C24H22BrN3O2S.